The molecule has 0 aliphatic carbocycles. The van der Waals surface area contributed by atoms with Crippen LogP contribution in [0, 0.1) is 0 Å². The van der Waals surface area contributed by atoms with E-state index in [1.54, 1.807) is 0 Å². The second-order valence-electron chi connectivity index (χ2n) is 10.3. The molecule has 3 nitrogen and oxygen atoms in total. The Hall–Kier alpha value is -4.18. The minimum absolute atomic E-state index is 0. The number of aromatic nitrogens is 2. The third-order valence-electron chi connectivity index (χ3n) is 8.06. The molecule has 5 aromatic rings. The first-order valence-corrected chi connectivity index (χ1v) is 14.7. The first kappa shape index (κ1) is 31.7. The van der Waals surface area contributed by atoms with Gasteiger partial charge < -0.3 is 29.7 Å². The Morgan fingerprint density at radius 1 is 0.721 bits per heavy atom. The van der Waals surface area contributed by atoms with Gasteiger partial charge in [-0.2, -0.15) is 9.13 Å². The fourth-order valence-electron chi connectivity index (χ4n) is 5.87. The zero-order valence-electron chi connectivity index (χ0n) is 24.9. The maximum Gasteiger partial charge on any atom is 0.213 e. The molecule has 0 unspecified atom stereocenters. The van der Waals surface area contributed by atoms with E-state index in [1.165, 1.54) is 55.3 Å². The van der Waals surface area contributed by atoms with Crippen LogP contribution in [0.15, 0.2) is 128 Å². The van der Waals surface area contributed by atoms with Crippen molar-refractivity contribution in [1.82, 2.24) is 0 Å². The molecule has 0 N–H and O–H groups in total. The Balaban J connectivity index is 0.00000212. The zero-order valence-corrected chi connectivity index (χ0v) is 26.4. The fraction of sp³-hybridized carbons (Fsp3) is 0.158. The molecule has 0 fully saturated rings. The monoisotopic (exact) mass is 605 g/mol. The molecule has 2 aromatic heterocycles. The van der Waals surface area contributed by atoms with E-state index in [1.807, 2.05) is 0 Å². The highest BCUT2D eigenvalue weighted by Gasteiger charge is 2.16. The van der Waals surface area contributed by atoms with E-state index in [9.17, 15) is 0 Å². The third-order valence-corrected chi connectivity index (χ3v) is 8.06. The fourth-order valence-corrected chi connectivity index (χ4v) is 5.87. The number of nitrogens with zero attached hydrogens (tertiary/aromatic N) is 3. The van der Waals surface area contributed by atoms with Crippen LogP contribution in [0.4, 0.5) is 5.69 Å². The second-order valence-corrected chi connectivity index (χ2v) is 10.3. The lowest BCUT2D eigenvalue weighted by Crippen LogP contribution is -3.00. The summed E-state index contributed by atoms with van der Waals surface area (Å²) in [5.74, 6) is 0. The Morgan fingerprint density at radius 3 is 2.07 bits per heavy atom. The Bertz CT molecular complexity index is 1870. The zero-order chi connectivity index (χ0) is 28.2. The normalized spacial score (nSPS) is 13.8. The van der Waals surface area contributed by atoms with E-state index >= 15 is 0 Å². The van der Waals surface area contributed by atoms with Gasteiger partial charge in [-0.25, -0.2) is 0 Å². The summed E-state index contributed by atoms with van der Waals surface area (Å²) in [7, 11) is 0. The average molecular weight is 607 g/mol. The lowest BCUT2D eigenvalue weighted by molar-refractivity contribution is -0.668. The molecule has 0 spiro atoms. The number of rotatable bonds is 7. The van der Waals surface area contributed by atoms with E-state index < -0.39 is 0 Å². The number of fused-ring (bicyclic) bond motifs is 3. The Kier molecular flexibility index (Phi) is 10.6. The van der Waals surface area contributed by atoms with Crippen molar-refractivity contribution in [3.8, 4) is 0 Å². The summed E-state index contributed by atoms with van der Waals surface area (Å²) in [6, 6.07) is 30.6. The highest BCUT2D eigenvalue weighted by atomic mass is 35.5. The summed E-state index contributed by atoms with van der Waals surface area (Å²) < 4.78 is 4.61. The molecule has 3 aromatic carbocycles. The molecule has 0 bridgehead atoms. The summed E-state index contributed by atoms with van der Waals surface area (Å²) >= 11 is 0. The standard InChI is InChI=1S/C38H37N3.2ClH/c1-4-39-26-23-30(33-13-7-10-16-36(33)39)21-19-29(32-25-28-41(6-3)38-18-12-9-15-35(32)38)20-22-31-24-27-40(5-2)37-17-11-8-14-34(31)37;;/h7-28H,4-6H2,1-3H3;2*1H/q+2;;/p-2. The SMILES string of the molecule is CCN1C=CC(=CC=C(C=Cc2cc[n+](CC)c3ccccc23)c2cc[n+](CC)c3ccccc23)c2ccccc21.[Cl-].[Cl-]. The van der Waals surface area contributed by atoms with Gasteiger partial charge in [0, 0.05) is 53.8 Å². The molecule has 0 saturated carbocycles. The largest absolute Gasteiger partial charge is 1.00 e. The van der Waals surface area contributed by atoms with Gasteiger partial charge in [-0.05, 0) is 61.8 Å². The molecule has 218 valence electrons. The number of hydrogen-bond acceptors (Lipinski definition) is 1. The maximum absolute atomic E-state index is 2.31. The van der Waals surface area contributed by atoms with Crippen molar-refractivity contribution in [1.29, 1.82) is 0 Å². The first-order valence-electron chi connectivity index (χ1n) is 14.7. The van der Waals surface area contributed by atoms with Gasteiger partial charge in [0.15, 0.2) is 12.4 Å². The molecule has 43 heavy (non-hydrogen) atoms. The molecule has 0 radical (unpaired) electrons. The van der Waals surface area contributed by atoms with Gasteiger partial charge >= 0.3 is 0 Å². The lowest BCUT2D eigenvalue weighted by Gasteiger charge is -2.26. The molecule has 0 atom stereocenters. The van der Waals surface area contributed by atoms with Crippen LogP contribution >= 0.6 is 0 Å². The van der Waals surface area contributed by atoms with E-state index in [0.717, 1.165) is 19.6 Å². The number of anilines is 1. The number of pyridine rings is 2. The number of halogens is 2. The molecule has 3 heterocycles. The predicted molar refractivity (Wildman–Crippen MR) is 173 cm³/mol. The van der Waals surface area contributed by atoms with Crippen LogP contribution in [0.3, 0.4) is 0 Å². The van der Waals surface area contributed by atoms with Gasteiger partial charge in [-0.15, -0.1) is 0 Å². The van der Waals surface area contributed by atoms with Crippen molar-refractivity contribution in [3.63, 3.8) is 0 Å². The lowest BCUT2D eigenvalue weighted by atomic mass is 9.96. The highest BCUT2D eigenvalue weighted by molar-refractivity contribution is 5.97. The molecule has 5 heteroatoms. The van der Waals surface area contributed by atoms with E-state index in [-0.39, 0.29) is 24.8 Å². The topological polar surface area (TPSA) is 11.0 Å². The van der Waals surface area contributed by atoms with Crippen LogP contribution in [0.25, 0.3) is 39.0 Å². The van der Waals surface area contributed by atoms with Gasteiger partial charge in [0.2, 0.25) is 11.0 Å². The molecular weight excluding hydrogens is 569 g/mol. The average Bonchev–Trinajstić information content (AvgIpc) is 3.04. The van der Waals surface area contributed by atoms with Crippen molar-refractivity contribution < 1.29 is 33.9 Å². The summed E-state index contributed by atoms with van der Waals surface area (Å²) in [5.41, 5.74) is 9.85. The summed E-state index contributed by atoms with van der Waals surface area (Å²) in [6.07, 6.45) is 17.9. The van der Waals surface area contributed by atoms with Crippen molar-refractivity contribution in [2.75, 3.05) is 11.4 Å². The Morgan fingerprint density at radius 2 is 1.35 bits per heavy atom. The molecule has 1 aliphatic rings. The minimum atomic E-state index is 0. The highest BCUT2D eigenvalue weighted by Crippen LogP contribution is 2.33. The van der Waals surface area contributed by atoms with E-state index in [4.69, 9.17) is 0 Å². The summed E-state index contributed by atoms with van der Waals surface area (Å²) in [5, 5.41) is 2.51. The van der Waals surface area contributed by atoms with Gasteiger partial charge in [0.05, 0.1) is 10.8 Å². The van der Waals surface area contributed by atoms with Crippen LogP contribution in [-0.4, -0.2) is 6.54 Å². The molecular formula is C38H37Cl2N3. The van der Waals surface area contributed by atoms with Crippen LogP contribution < -0.4 is 38.8 Å². The third kappa shape index (κ3) is 6.29. The predicted octanol–water partition coefficient (Wildman–Crippen LogP) is 2.15. The van der Waals surface area contributed by atoms with Crippen molar-refractivity contribution in [2.24, 2.45) is 0 Å². The quantitative estimate of drug-likeness (QED) is 0.204. The van der Waals surface area contributed by atoms with Crippen LogP contribution in [0.2, 0.25) is 0 Å². The number of benzene rings is 3. The number of para-hydroxylation sites is 3. The first-order chi connectivity index (χ1) is 20.2. The maximum atomic E-state index is 2.31. The number of aryl methyl sites for hydroxylation is 2. The van der Waals surface area contributed by atoms with Crippen LogP contribution in [0.1, 0.15) is 37.5 Å². The van der Waals surface area contributed by atoms with Crippen LogP contribution in [-0.2, 0) is 13.1 Å². The van der Waals surface area contributed by atoms with Crippen LogP contribution in [0.5, 0.6) is 0 Å². The second kappa shape index (κ2) is 14.3. The number of hydrogen-bond donors (Lipinski definition) is 0. The van der Waals surface area contributed by atoms with Crippen molar-refractivity contribution in [2.45, 2.75) is 33.9 Å². The smallest absolute Gasteiger partial charge is 0.213 e. The molecule has 0 amide bonds. The van der Waals surface area contributed by atoms with Gasteiger partial charge in [0.1, 0.15) is 13.1 Å². The van der Waals surface area contributed by atoms with Crippen molar-refractivity contribution in [3.05, 3.63) is 145 Å². The van der Waals surface area contributed by atoms with E-state index in [0.29, 0.717) is 0 Å². The summed E-state index contributed by atoms with van der Waals surface area (Å²) in [6.45, 7) is 9.40. The molecule has 0 saturated heterocycles. The van der Waals surface area contributed by atoms with Crippen molar-refractivity contribution >= 4 is 44.7 Å². The van der Waals surface area contributed by atoms with E-state index in [2.05, 4.69) is 169 Å². The minimum Gasteiger partial charge on any atom is -1.00 e. The van der Waals surface area contributed by atoms with Gasteiger partial charge in [-0.3, -0.25) is 0 Å². The van der Waals surface area contributed by atoms with Gasteiger partial charge in [-0.1, -0.05) is 66.8 Å². The Labute approximate surface area is 267 Å². The summed E-state index contributed by atoms with van der Waals surface area (Å²) in [4.78, 5) is 2.30. The molecule has 6 rings (SSSR count). The molecule has 1 aliphatic heterocycles. The van der Waals surface area contributed by atoms with Gasteiger partial charge in [0.25, 0.3) is 0 Å². The number of allylic oxidation sites excluding steroid dienone is 6.